The van der Waals surface area contributed by atoms with Gasteiger partial charge in [-0.2, -0.15) is 0 Å². The van der Waals surface area contributed by atoms with E-state index in [1.807, 2.05) is 19.9 Å². The van der Waals surface area contributed by atoms with Gasteiger partial charge in [-0.1, -0.05) is 30.2 Å². The number of rotatable bonds is 5. The summed E-state index contributed by atoms with van der Waals surface area (Å²) in [5.74, 6) is 1.23. The second kappa shape index (κ2) is 7.48. The predicted molar refractivity (Wildman–Crippen MR) is 115 cm³/mol. The van der Waals surface area contributed by atoms with E-state index in [1.54, 1.807) is 36.4 Å². The molecule has 0 aromatic heterocycles. The Morgan fingerprint density at radius 3 is 2.38 bits per heavy atom. The van der Waals surface area contributed by atoms with E-state index in [-0.39, 0.29) is 16.8 Å². The van der Waals surface area contributed by atoms with Crippen LogP contribution in [0.2, 0.25) is 0 Å². The molecule has 1 amide bonds. The third-order valence-corrected chi connectivity index (χ3v) is 8.33. The summed E-state index contributed by atoms with van der Waals surface area (Å²) in [4.78, 5) is 13.1. The molecular weight excluding hydrogens is 384 g/mol. The molecular formula is C23H28N2O3S. The molecule has 0 heterocycles. The second-order valence-corrected chi connectivity index (χ2v) is 10.5. The molecule has 0 unspecified atom stereocenters. The molecule has 5 nitrogen and oxygen atoms in total. The number of nitrogens with zero attached hydrogens (tertiary/aromatic N) is 1. The summed E-state index contributed by atoms with van der Waals surface area (Å²) in [5.41, 5.74) is 2.83. The number of carbonyl (C=O) groups excluding carboxylic acids is 1. The van der Waals surface area contributed by atoms with Crippen molar-refractivity contribution in [2.45, 2.75) is 50.5 Å². The smallest absolute Gasteiger partial charge is 0.264 e. The number of sulfonamides is 1. The van der Waals surface area contributed by atoms with Gasteiger partial charge in [0.1, 0.15) is 0 Å². The number of anilines is 1. The van der Waals surface area contributed by atoms with Crippen LogP contribution >= 0.6 is 0 Å². The van der Waals surface area contributed by atoms with Crippen LogP contribution in [0.25, 0.3) is 0 Å². The highest BCUT2D eigenvalue weighted by atomic mass is 32.2. The summed E-state index contributed by atoms with van der Waals surface area (Å²) in [6.07, 6.45) is 4.78. The number of aryl methyl sites for hydroxylation is 2. The zero-order chi connectivity index (χ0) is 20.8. The Balaban J connectivity index is 1.57. The molecule has 154 valence electrons. The van der Waals surface area contributed by atoms with Crippen molar-refractivity contribution in [2.75, 3.05) is 11.4 Å². The van der Waals surface area contributed by atoms with E-state index < -0.39 is 10.0 Å². The predicted octanol–water partition coefficient (Wildman–Crippen LogP) is 4.05. The van der Waals surface area contributed by atoms with Crippen LogP contribution in [0.4, 0.5) is 5.69 Å². The third-order valence-electron chi connectivity index (χ3n) is 6.54. The fraction of sp³-hybridized carbons (Fsp3) is 0.435. The van der Waals surface area contributed by atoms with Gasteiger partial charge in [0.25, 0.3) is 15.9 Å². The van der Waals surface area contributed by atoms with Crippen molar-refractivity contribution in [3.63, 3.8) is 0 Å². The second-order valence-electron chi connectivity index (χ2n) is 8.54. The molecule has 0 aliphatic heterocycles. The number of hydrogen-bond donors (Lipinski definition) is 1. The monoisotopic (exact) mass is 412 g/mol. The SMILES string of the molecule is Cc1ccc(S(=O)(=O)N(C)c2cc(C(=O)N[C@@H]3C[C@H]4CC[C@H]3C4)ccc2C)cc1. The highest BCUT2D eigenvalue weighted by Gasteiger charge is 2.40. The van der Waals surface area contributed by atoms with Crippen molar-refractivity contribution in [3.8, 4) is 0 Å². The summed E-state index contributed by atoms with van der Waals surface area (Å²) >= 11 is 0. The van der Waals surface area contributed by atoms with Crippen LogP contribution in [0, 0.1) is 25.7 Å². The topological polar surface area (TPSA) is 66.5 Å². The Morgan fingerprint density at radius 1 is 1.03 bits per heavy atom. The summed E-state index contributed by atoms with van der Waals surface area (Å²) in [5, 5.41) is 3.18. The minimum absolute atomic E-state index is 0.120. The molecule has 2 aliphatic rings. The summed E-state index contributed by atoms with van der Waals surface area (Å²) in [6.45, 7) is 3.77. The third kappa shape index (κ3) is 3.78. The van der Waals surface area contributed by atoms with Gasteiger partial charge in [0.2, 0.25) is 0 Å². The minimum Gasteiger partial charge on any atom is -0.349 e. The van der Waals surface area contributed by atoms with Gasteiger partial charge in [-0.05, 0) is 74.8 Å². The average Bonchev–Trinajstić information content (AvgIpc) is 3.31. The Bertz CT molecular complexity index is 1030. The van der Waals surface area contributed by atoms with Gasteiger partial charge >= 0.3 is 0 Å². The average molecular weight is 413 g/mol. The molecule has 0 radical (unpaired) electrons. The zero-order valence-electron chi connectivity index (χ0n) is 17.2. The van der Waals surface area contributed by atoms with Gasteiger partial charge in [-0.3, -0.25) is 9.10 Å². The molecule has 6 heteroatoms. The molecule has 0 saturated heterocycles. The van der Waals surface area contributed by atoms with Crippen LogP contribution in [-0.4, -0.2) is 27.4 Å². The highest BCUT2D eigenvalue weighted by Crippen LogP contribution is 2.44. The lowest BCUT2D eigenvalue weighted by Gasteiger charge is -2.24. The van der Waals surface area contributed by atoms with E-state index in [9.17, 15) is 13.2 Å². The maximum absolute atomic E-state index is 13.1. The maximum atomic E-state index is 13.1. The Labute approximate surface area is 173 Å². The van der Waals surface area contributed by atoms with Gasteiger partial charge in [0.15, 0.2) is 0 Å². The first-order valence-electron chi connectivity index (χ1n) is 10.2. The molecule has 2 aromatic carbocycles. The highest BCUT2D eigenvalue weighted by molar-refractivity contribution is 7.92. The van der Waals surface area contributed by atoms with Crippen molar-refractivity contribution in [1.82, 2.24) is 5.32 Å². The first-order chi connectivity index (χ1) is 13.8. The van der Waals surface area contributed by atoms with Gasteiger partial charge in [-0.25, -0.2) is 8.42 Å². The fourth-order valence-electron chi connectivity index (χ4n) is 4.76. The molecule has 1 N–H and O–H groups in total. The zero-order valence-corrected chi connectivity index (χ0v) is 18.0. The van der Waals surface area contributed by atoms with Crippen LogP contribution < -0.4 is 9.62 Å². The molecule has 0 spiro atoms. The summed E-state index contributed by atoms with van der Waals surface area (Å²) in [6, 6.07) is 12.3. The van der Waals surface area contributed by atoms with E-state index in [2.05, 4.69) is 5.32 Å². The van der Waals surface area contributed by atoms with Gasteiger partial charge in [0, 0.05) is 18.7 Å². The summed E-state index contributed by atoms with van der Waals surface area (Å²) < 4.78 is 27.4. The minimum atomic E-state index is -3.70. The lowest BCUT2D eigenvalue weighted by atomic mass is 9.95. The Morgan fingerprint density at radius 2 is 1.76 bits per heavy atom. The van der Waals surface area contributed by atoms with E-state index in [1.165, 1.54) is 30.6 Å². The number of fused-ring (bicyclic) bond motifs is 2. The van der Waals surface area contributed by atoms with Crippen molar-refractivity contribution >= 4 is 21.6 Å². The van der Waals surface area contributed by atoms with Crippen molar-refractivity contribution in [3.05, 3.63) is 59.2 Å². The lowest BCUT2D eigenvalue weighted by Crippen LogP contribution is -2.38. The number of benzene rings is 2. The van der Waals surface area contributed by atoms with E-state index in [0.717, 1.165) is 23.5 Å². The molecule has 2 saturated carbocycles. The van der Waals surface area contributed by atoms with Gasteiger partial charge < -0.3 is 5.32 Å². The fourth-order valence-corrected chi connectivity index (χ4v) is 6.01. The van der Waals surface area contributed by atoms with Crippen molar-refractivity contribution in [1.29, 1.82) is 0 Å². The largest absolute Gasteiger partial charge is 0.349 e. The molecule has 3 atom stereocenters. The summed E-state index contributed by atoms with van der Waals surface area (Å²) in [7, 11) is -2.16. The van der Waals surface area contributed by atoms with Crippen LogP contribution in [0.5, 0.6) is 0 Å². The van der Waals surface area contributed by atoms with E-state index in [0.29, 0.717) is 17.2 Å². The first kappa shape index (κ1) is 20.0. The Hall–Kier alpha value is -2.34. The molecule has 2 aliphatic carbocycles. The number of carbonyl (C=O) groups is 1. The molecule has 2 bridgehead atoms. The molecule has 2 aromatic rings. The number of hydrogen-bond acceptors (Lipinski definition) is 3. The molecule has 4 rings (SSSR count). The van der Waals surface area contributed by atoms with Crippen LogP contribution in [0.3, 0.4) is 0 Å². The lowest BCUT2D eigenvalue weighted by molar-refractivity contribution is 0.0923. The quantitative estimate of drug-likeness (QED) is 0.806. The van der Waals surface area contributed by atoms with Crippen LogP contribution in [0.15, 0.2) is 47.4 Å². The van der Waals surface area contributed by atoms with Crippen molar-refractivity contribution < 1.29 is 13.2 Å². The standard InChI is InChI=1S/C23H28N2O3S/c1-15-4-10-20(11-5-15)29(27,28)25(3)22-14-19(8-6-16(22)2)23(26)24-21-13-17-7-9-18(21)12-17/h4-6,8,10-11,14,17-18,21H,7,9,12-13H2,1-3H3,(H,24,26)/t17-,18-,21+/m0/s1. The van der Waals surface area contributed by atoms with Crippen LogP contribution in [0.1, 0.15) is 47.2 Å². The van der Waals surface area contributed by atoms with Gasteiger partial charge in [0.05, 0.1) is 10.6 Å². The van der Waals surface area contributed by atoms with Gasteiger partial charge in [-0.15, -0.1) is 0 Å². The number of nitrogens with one attached hydrogen (secondary N) is 1. The number of amides is 1. The van der Waals surface area contributed by atoms with E-state index >= 15 is 0 Å². The molecule has 29 heavy (non-hydrogen) atoms. The maximum Gasteiger partial charge on any atom is 0.264 e. The Kier molecular flexibility index (Phi) is 5.15. The first-order valence-corrected chi connectivity index (χ1v) is 11.7. The molecule has 2 fully saturated rings. The normalized spacial score (nSPS) is 23.2. The van der Waals surface area contributed by atoms with Crippen LogP contribution in [-0.2, 0) is 10.0 Å². The van der Waals surface area contributed by atoms with Crippen molar-refractivity contribution in [2.24, 2.45) is 11.8 Å². The van der Waals surface area contributed by atoms with E-state index in [4.69, 9.17) is 0 Å².